The van der Waals surface area contributed by atoms with Gasteiger partial charge in [0.2, 0.25) is 11.2 Å². The minimum absolute atomic E-state index is 0.0475. The molecule has 0 aliphatic carbocycles. The summed E-state index contributed by atoms with van der Waals surface area (Å²) >= 11 is 0. The number of rotatable bonds is 2. The molecule has 6 heteroatoms. The Morgan fingerprint density at radius 3 is 2.30 bits per heavy atom. The molecule has 0 aliphatic rings. The molecule has 2 aromatic carbocycles. The first-order valence-corrected chi connectivity index (χ1v) is 6.79. The van der Waals surface area contributed by atoms with Crippen LogP contribution in [0.3, 0.4) is 0 Å². The van der Waals surface area contributed by atoms with Crippen molar-refractivity contribution in [2.75, 3.05) is 7.11 Å². The Bertz CT molecular complexity index is 954. The monoisotopic (exact) mass is 314 g/mol. The Morgan fingerprint density at radius 2 is 1.70 bits per heavy atom. The van der Waals surface area contributed by atoms with Crippen molar-refractivity contribution in [3.05, 3.63) is 46.1 Å². The number of hydrogen-bond donors (Lipinski definition) is 3. The van der Waals surface area contributed by atoms with E-state index in [0.29, 0.717) is 16.9 Å². The Morgan fingerprint density at radius 1 is 1.04 bits per heavy atom. The van der Waals surface area contributed by atoms with E-state index in [9.17, 15) is 20.1 Å². The second-order valence-corrected chi connectivity index (χ2v) is 5.08. The average molecular weight is 314 g/mol. The quantitative estimate of drug-likeness (QED) is 0.672. The van der Waals surface area contributed by atoms with Crippen LogP contribution in [0.15, 0.2) is 39.5 Å². The van der Waals surface area contributed by atoms with Gasteiger partial charge in [-0.15, -0.1) is 0 Å². The summed E-state index contributed by atoms with van der Waals surface area (Å²) in [4.78, 5) is 12.4. The summed E-state index contributed by atoms with van der Waals surface area (Å²) in [6.45, 7) is 1.60. The van der Waals surface area contributed by atoms with E-state index in [1.54, 1.807) is 6.92 Å². The molecule has 118 valence electrons. The van der Waals surface area contributed by atoms with Crippen molar-refractivity contribution in [3.8, 4) is 34.3 Å². The molecule has 0 saturated carbocycles. The molecule has 0 atom stereocenters. The SMILES string of the molecule is COc1cc2oc(-c3ccc(O)cc3)c(O)c(=O)c2c(O)c1C. The van der Waals surface area contributed by atoms with E-state index in [1.807, 2.05) is 0 Å². The highest BCUT2D eigenvalue weighted by molar-refractivity contribution is 5.89. The zero-order valence-corrected chi connectivity index (χ0v) is 12.5. The summed E-state index contributed by atoms with van der Waals surface area (Å²) in [5.74, 6) is -0.539. The number of benzene rings is 2. The summed E-state index contributed by atoms with van der Waals surface area (Å²) < 4.78 is 10.8. The normalized spacial score (nSPS) is 10.9. The fraction of sp³-hybridized carbons (Fsp3) is 0.118. The molecule has 3 N–H and O–H groups in total. The average Bonchev–Trinajstić information content (AvgIpc) is 2.54. The topological polar surface area (TPSA) is 100 Å². The van der Waals surface area contributed by atoms with E-state index in [2.05, 4.69) is 0 Å². The lowest BCUT2D eigenvalue weighted by molar-refractivity contribution is 0.402. The second kappa shape index (κ2) is 5.24. The zero-order chi connectivity index (χ0) is 16.7. The van der Waals surface area contributed by atoms with Gasteiger partial charge in [-0.25, -0.2) is 0 Å². The van der Waals surface area contributed by atoms with Crippen LogP contribution in [0.2, 0.25) is 0 Å². The van der Waals surface area contributed by atoms with Gasteiger partial charge in [0.15, 0.2) is 5.76 Å². The number of ether oxygens (including phenoxy) is 1. The standard InChI is InChI=1S/C17H14O6/c1-8-11(22-2)7-12-13(14(8)19)15(20)16(21)17(23-12)9-3-5-10(18)6-4-9/h3-7,18-19,21H,1-2H3. The highest BCUT2D eigenvalue weighted by Gasteiger charge is 2.20. The largest absolute Gasteiger partial charge is 0.508 e. The molecule has 0 amide bonds. The zero-order valence-electron chi connectivity index (χ0n) is 12.5. The van der Waals surface area contributed by atoms with Gasteiger partial charge < -0.3 is 24.5 Å². The summed E-state index contributed by atoms with van der Waals surface area (Å²) in [6.07, 6.45) is 0. The highest BCUT2D eigenvalue weighted by atomic mass is 16.5. The fourth-order valence-corrected chi connectivity index (χ4v) is 2.42. The van der Waals surface area contributed by atoms with Crippen molar-refractivity contribution < 1.29 is 24.5 Å². The third-order valence-electron chi connectivity index (χ3n) is 3.69. The Balaban J connectivity index is 2.38. The molecule has 0 spiro atoms. The van der Waals surface area contributed by atoms with Gasteiger partial charge in [-0.3, -0.25) is 4.79 Å². The van der Waals surface area contributed by atoms with Crippen molar-refractivity contribution in [3.63, 3.8) is 0 Å². The van der Waals surface area contributed by atoms with Crippen LogP contribution >= 0.6 is 0 Å². The lowest BCUT2D eigenvalue weighted by Gasteiger charge is -2.11. The van der Waals surface area contributed by atoms with Gasteiger partial charge >= 0.3 is 0 Å². The summed E-state index contributed by atoms with van der Waals surface area (Å²) in [5.41, 5.74) is 0.149. The van der Waals surface area contributed by atoms with Crippen molar-refractivity contribution in [1.29, 1.82) is 0 Å². The lowest BCUT2D eigenvalue weighted by Crippen LogP contribution is -2.04. The number of fused-ring (bicyclic) bond motifs is 1. The second-order valence-electron chi connectivity index (χ2n) is 5.08. The molecule has 0 aliphatic heterocycles. The van der Waals surface area contributed by atoms with E-state index < -0.39 is 11.2 Å². The van der Waals surface area contributed by atoms with Crippen LogP contribution in [0, 0.1) is 6.92 Å². The number of aromatic hydroxyl groups is 3. The van der Waals surface area contributed by atoms with Crippen LogP contribution in [-0.4, -0.2) is 22.4 Å². The molecule has 0 unspecified atom stereocenters. The summed E-state index contributed by atoms with van der Waals surface area (Å²) in [7, 11) is 1.44. The number of phenols is 2. The maximum Gasteiger partial charge on any atom is 0.238 e. The molecular weight excluding hydrogens is 300 g/mol. The maximum absolute atomic E-state index is 12.4. The summed E-state index contributed by atoms with van der Waals surface area (Å²) in [5, 5.41) is 29.6. The molecule has 3 rings (SSSR count). The molecule has 3 aromatic rings. The van der Waals surface area contributed by atoms with Crippen molar-refractivity contribution >= 4 is 11.0 Å². The van der Waals surface area contributed by atoms with Crippen LogP contribution in [0.25, 0.3) is 22.3 Å². The fourth-order valence-electron chi connectivity index (χ4n) is 2.42. The highest BCUT2D eigenvalue weighted by Crippen LogP contribution is 2.38. The van der Waals surface area contributed by atoms with Crippen molar-refractivity contribution in [1.82, 2.24) is 0 Å². The van der Waals surface area contributed by atoms with Crippen molar-refractivity contribution in [2.24, 2.45) is 0 Å². The third-order valence-corrected chi connectivity index (χ3v) is 3.69. The first-order chi connectivity index (χ1) is 10.9. The van der Waals surface area contributed by atoms with Gasteiger partial charge in [0, 0.05) is 17.2 Å². The molecular formula is C17H14O6. The maximum atomic E-state index is 12.4. The summed E-state index contributed by atoms with van der Waals surface area (Å²) in [6, 6.07) is 7.31. The molecule has 0 radical (unpaired) electrons. The first kappa shape index (κ1) is 14.8. The van der Waals surface area contributed by atoms with Gasteiger partial charge in [-0.2, -0.15) is 0 Å². The minimum atomic E-state index is -0.738. The van der Waals surface area contributed by atoms with E-state index in [4.69, 9.17) is 9.15 Å². The predicted molar refractivity (Wildman–Crippen MR) is 84.2 cm³/mol. The Kier molecular flexibility index (Phi) is 3.37. The molecule has 0 bridgehead atoms. The van der Waals surface area contributed by atoms with Crippen LogP contribution in [-0.2, 0) is 0 Å². The van der Waals surface area contributed by atoms with E-state index in [0.717, 1.165) is 0 Å². The lowest BCUT2D eigenvalue weighted by atomic mass is 10.1. The molecule has 23 heavy (non-hydrogen) atoms. The Hall–Kier alpha value is -3.15. The predicted octanol–water partition coefficient (Wildman–Crippen LogP) is 2.89. The van der Waals surface area contributed by atoms with E-state index >= 15 is 0 Å². The van der Waals surface area contributed by atoms with Crippen LogP contribution in [0.4, 0.5) is 0 Å². The van der Waals surface area contributed by atoms with Crippen LogP contribution < -0.4 is 10.2 Å². The third kappa shape index (κ3) is 2.24. The van der Waals surface area contributed by atoms with Gasteiger partial charge in [0.1, 0.15) is 28.2 Å². The molecule has 1 aromatic heterocycles. The molecule has 1 heterocycles. The van der Waals surface area contributed by atoms with Gasteiger partial charge in [0.25, 0.3) is 0 Å². The molecule has 0 saturated heterocycles. The smallest absolute Gasteiger partial charge is 0.238 e. The molecule has 6 nitrogen and oxygen atoms in total. The van der Waals surface area contributed by atoms with Gasteiger partial charge in [-0.05, 0) is 31.2 Å². The van der Waals surface area contributed by atoms with Gasteiger partial charge in [-0.1, -0.05) is 0 Å². The van der Waals surface area contributed by atoms with Crippen LogP contribution in [0.1, 0.15) is 5.56 Å². The van der Waals surface area contributed by atoms with E-state index in [1.165, 1.54) is 37.4 Å². The van der Waals surface area contributed by atoms with Crippen LogP contribution in [0.5, 0.6) is 23.0 Å². The van der Waals surface area contributed by atoms with Gasteiger partial charge in [0.05, 0.1) is 7.11 Å². The number of methoxy groups -OCH3 is 1. The van der Waals surface area contributed by atoms with E-state index in [-0.39, 0.29) is 28.2 Å². The number of hydrogen-bond acceptors (Lipinski definition) is 6. The Labute approximate surface area is 130 Å². The molecule has 0 fully saturated rings. The van der Waals surface area contributed by atoms with Crippen molar-refractivity contribution in [2.45, 2.75) is 6.92 Å². The minimum Gasteiger partial charge on any atom is -0.508 e. The number of phenolic OH excluding ortho intramolecular Hbond substituents is 2. The first-order valence-electron chi connectivity index (χ1n) is 6.79.